The fourth-order valence-corrected chi connectivity index (χ4v) is 3.84. The lowest BCUT2D eigenvalue weighted by atomic mass is 9.55. The highest BCUT2D eigenvalue weighted by molar-refractivity contribution is 5.23. The van der Waals surface area contributed by atoms with Crippen molar-refractivity contribution in [2.75, 3.05) is 0 Å². The summed E-state index contributed by atoms with van der Waals surface area (Å²) >= 11 is 0. The molecule has 0 heteroatoms. The molecule has 2 atom stereocenters. The SMILES string of the molecule is CCC(C)CC(C)(C)C(C)(C)C(CC(C)(C)C)c1ccccc1. The van der Waals surface area contributed by atoms with Crippen LogP contribution in [0.2, 0.25) is 0 Å². The molecule has 0 heterocycles. The summed E-state index contributed by atoms with van der Waals surface area (Å²) in [7, 11) is 0. The molecule has 0 aliphatic carbocycles. The van der Waals surface area contributed by atoms with Gasteiger partial charge in [-0.05, 0) is 46.5 Å². The van der Waals surface area contributed by atoms with E-state index in [0.29, 0.717) is 16.7 Å². The number of benzene rings is 1. The van der Waals surface area contributed by atoms with Gasteiger partial charge in [-0.1, -0.05) is 99.1 Å². The summed E-state index contributed by atoms with van der Waals surface area (Å²) in [5.41, 5.74) is 2.41. The third-order valence-corrected chi connectivity index (χ3v) is 6.19. The van der Waals surface area contributed by atoms with Gasteiger partial charge in [-0.3, -0.25) is 0 Å². The average Bonchev–Trinajstić information content (AvgIpc) is 2.44. The van der Waals surface area contributed by atoms with Crippen molar-refractivity contribution in [1.29, 1.82) is 0 Å². The Kier molecular flexibility index (Phi) is 6.53. The van der Waals surface area contributed by atoms with Gasteiger partial charge in [-0.25, -0.2) is 0 Å². The summed E-state index contributed by atoms with van der Waals surface area (Å²) in [6.07, 6.45) is 3.80. The van der Waals surface area contributed by atoms with Crippen molar-refractivity contribution in [3.63, 3.8) is 0 Å². The van der Waals surface area contributed by atoms with E-state index in [-0.39, 0.29) is 5.41 Å². The molecule has 0 fully saturated rings. The first-order valence-corrected chi connectivity index (χ1v) is 9.45. The average molecular weight is 317 g/mol. The van der Waals surface area contributed by atoms with Crippen molar-refractivity contribution >= 4 is 0 Å². The Labute approximate surface area is 146 Å². The molecule has 0 saturated heterocycles. The van der Waals surface area contributed by atoms with E-state index in [4.69, 9.17) is 0 Å². The number of hydrogen-bond donors (Lipinski definition) is 0. The Morgan fingerprint density at radius 2 is 1.35 bits per heavy atom. The highest BCUT2D eigenvalue weighted by Crippen LogP contribution is 2.55. The van der Waals surface area contributed by atoms with Crippen molar-refractivity contribution < 1.29 is 0 Å². The zero-order chi connectivity index (χ0) is 17.9. The van der Waals surface area contributed by atoms with Crippen molar-refractivity contribution in [3.05, 3.63) is 35.9 Å². The molecule has 0 bridgehead atoms. The monoisotopic (exact) mass is 316 g/mol. The Morgan fingerprint density at radius 1 is 0.826 bits per heavy atom. The molecule has 0 nitrogen and oxygen atoms in total. The molecule has 132 valence electrons. The van der Waals surface area contributed by atoms with Crippen LogP contribution in [0.25, 0.3) is 0 Å². The highest BCUT2D eigenvalue weighted by Gasteiger charge is 2.44. The zero-order valence-corrected chi connectivity index (χ0v) is 17.2. The predicted octanol–water partition coefficient (Wildman–Crippen LogP) is 7.70. The Hall–Kier alpha value is -0.780. The first-order valence-electron chi connectivity index (χ1n) is 9.45. The van der Waals surface area contributed by atoms with E-state index in [2.05, 4.69) is 92.6 Å². The van der Waals surface area contributed by atoms with Gasteiger partial charge in [-0.15, -0.1) is 0 Å². The maximum Gasteiger partial charge on any atom is -0.0101 e. The Balaban J connectivity index is 3.23. The first kappa shape index (κ1) is 20.3. The van der Waals surface area contributed by atoms with Gasteiger partial charge in [0.25, 0.3) is 0 Å². The van der Waals surface area contributed by atoms with Crippen molar-refractivity contribution in [2.45, 2.75) is 87.5 Å². The van der Waals surface area contributed by atoms with Crippen LogP contribution in [-0.4, -0.2) is 0 Å². The van der Waals surface area contributed by atoms with Crippen LogP contribution in [-0.2, 0) is 0 Å². The largest absolute Gasteiger partial charge is 0.0651 e. The van der Waals surface area contributed by atoms with Gasteiger partial charge < -0.3 is 0 Å². The van der Waals surface area contributed by atoms with Crippen molar-refractivity contribution in [1.82, 2.24) is 0 Å². The third kappa shape index (κ3) is 5.37. The van der Waals surface area contributed by atoms with Gasteiger partial charge >= 0.3 is 0 Å². The van der Waals surface area contributed by atoms with E-state index in [9.17, 15) is 0 Å². The molecule has 2 unspecified atom stereocenters. The van der Waals surface area contributed by atoms with Crippen LogP contribution < -0.4 is 0 Å². The van der Waals surface area contributed by atoms with Crippen LogP contribution in [0, 0.1) is 22.2 Å². The molecule has 1 aromatic rings. The molecule has 0 spiro atoms. The van der Waals surface area contributed by atoms with Gasteiger partial charge in [0, 0.05) is 0 Å². The molecule has 1 rings (SSSR count). The molecule has 0 amide bonds. The normalized spacial score (nSPS) is 16.2. The topological polar surface area (TPSA) is 0 Å². The third-order valence-electron chi connectivity index (χ3n) is 6.19. The van der Waals surface area contributed by atoms with E-state index in [1.807, 2.05) is 0 Å². The molecule has 0 radical (unpaired) electrons. The maximum atomic E-state index is 2.50. The summed E-state index contributed by atoms with van der Waals surface area (Å²) in [5, 5.41) is 0. The van der Waals surface area contributed by atoms with Crippen LogP contribution >= 0.6 is 0 Å². The van der Waals surface area contributed by atoms with Crippen LogP contribution in [0.15, 0.2) is 30.3 Å². The second kappa shape index (κ2) is 7.41. The Morgan fingerprint density at radius 3 is 1.78 bits per heavy atom. The second-order valence-electron chi connectivity index (χ2n) is 10.1. The van der Waals surface area contributed by atoms with Crippen LogP contribution in [0.3, 0.4) is 0 Å². The molecule has 1 aromatic carbocycles. The van der Waals surface area contributed by atoms with Gasteiger partial charge in [0.2, 0.25) is 0 Å². The second-order valence-corrected chi connectivity index (χ2v) is 10.1. The minimum atomic E-state index is 0.255. The summed E-state index contributed by atoms with van der Waals surface area (Å²) in [6.45, 7) is 21.8. The predicted molar refractivity (Wildman–Crippen MR) is 105 cm³/mol. The van der Waals surface area contributed by atoms with Gasteiger partial charge in [0.15, 0.2) is 0 Å². The summed E-state index contributed by atoms with van der Waals surface area (Å²) in [5.74, 6) is 1.37. The molecule has 0 N–H and O–H groups in total. The molecule has 23 heavy (non-hydrogen) atoms. The van der Waals surface area contributed by atoms with Crippen LogP contribution in [0.1, 0.15) is 93.1 Å². The maximum absolute atomic E-state index is 2.50. The standard InChI is InChI=1S/C23H40/c1-10-18(2)16-22(6,7)23(8,9)20(17-21(3,4)5)19-14-12-11-13-15-19/h11-15,18,20H,10,16-17H2,1-9H3. The molecular formula is C23H40. The summed E-state index contributed by atoms with van der Waals surface area (Å²) < 4.78 is 0. The van der Waals surface area contributed by atoms with Crippen LogP contribution in [0.4, 0.5) is 0 Å². The summed E-state index contributed by atoms with van der Waals surface area (Å²) in [6, 6.07) is 11.2. The van der Waals surface area contributed by atoms with Gasteiger partial charge in [-0.2, -0.15) is 0 Å². The highest BCUT2D eigenvalue weighted by atomic mass is 14.5. The zero-order valence-electron chi connectivity index (χ0n) is 17.2. The fourth-order valence-electron chi connectivity index (χ4n) is 3.84. The van der Waals surface area contributed by atoms with Crippen molar-refractivity contribution in [3.8, 4) is 0 Å². The molecular weight excluding hydrogens is 276 g/mol. The first-order chi connectivity index (χ1) is 10.4. The van der Waals surface area contributed by atoms with Gasteiger partial charge in [0.1, 0.15) is 0 Å². The molecule has 0 aliphatic rings. The Bertz CT molecular complexity index is 459. The van der Waals surface area contributed by atoms with E-state index < -0.39 is 0 Å². The van der Waals surface area contributed by atoms with Crippen molar-refractivity contribution in [2.24, 2.45) is 22.2 Å². The van der Waals surface area contributed by atoms with Crippen LogP contribution in [0.5, 0.6) is 0 Å². The van der Waals surface area contributed by atoms with E-state index in [1.54, 1.807) is 0 Å². The summed E-state index contributed by atoms with van der Waals surface area (Å²) in [4.78, 5) is 0. The van der Waals surface area contributed by atoms with Gasteiger partial charge in [0.05, 0.1) is 0 Å². The molecule has 0 saturated carbocycles. The molecule has 0 aliphatic heterocycles. The minimum absolute atomic E-state index is 0.255. The quantitative estimate of drug-likeness (QED) is 0.483. The lowest BCUT2D eigenvalue weighted by Gasteiger charge is -2.50. The lowest BCUT2D eigenvalue weighted by Crippen LogP contribution is -2.40. The lowest BCUT2D eigenvalue weighted by molar-refractivity contribution is 0.0354. The van der Waals surface area contributed by atoms with E-state index in [0.717, 1.165) is 5.92 Å². The smallest absolute Gasteiger partial charge is 0.0101 e. The fraction of sp³-hybridized carbons (Fsp3) is 0.739. The number of hydrogen-bond acceptors (Lipinski definition) is 0. The van der Waals surface area contributed by atoms with E-state index in [1.165, 1.54) is 24.8 Å². The van der Waals surface area contributed by atoms with E-state index >= 15 is 0 Å². The molecule has 0 aromatic heterocycles. The number of rotatable bonds is 7. The minimum Gasteiger partial charge on any atom is -0.0651 e.